The molecule has 0 aliphatic rings. The summed E-state index contributed by atoms with van der Waals surface area (Å²) in [5.74, 6) is 0. The maximum absolute atomic E-state index is 11.5. The molecule has 0 unspecified atom stereocenters. The van der Waals surface area contributed by atoms with Crippen molar-refractivity contribution < 1.29 is 14.6 Å². The van der Waals surface area contributed by atoms with Gasteiger partial charge in [-0.1, -0.05) is 0 Å². The summed E-state index contributed by atoms with van der Waals surface area (Å²) in [6.45, 7) is 9.86. The normalized spacial score (nSPS) is 11.4. The highest BCUT2D eigenvalue weighted by Crippen LogP contribution is 2.27. The molecule has 0 radical (unpaired) electrons. The Hall–Kier alpha value is -1.07. The van der Waals surface area contributed by atoms with Gasteiger partial charge in [0.05, 0.1) is 13.2 Å². The van der Waals surface area contributed by atoms with Gasteiger partial charge in [0.15, 0.2) is 0 Å². The molecule has 0 aliphatic carbocycles. The monoisotopic (exact) mass is 271 g/mol. The van der Waals surface area contributed by atoms with Crippen molar-refractivity contribution in [1.82, 2.24) is 5.32 Å². The number of alkyl carbamates (subject to hydrolysis) is 1. The van der Waals surface area contributed by atoms with E-state index in [0.29, 0.717) is 6.54 Å². The first-order chi connectivity index (χ1) is 8.24. The van der Waals surface area contributed by atoms with Gasteiger partial charge in [0.2, 0.25) is 0 Å². The molecule has 1 aromatic rings. The van der Waals surface area contributed by atoms with Gasteiger partial charge in [-0.2, -0.15) is 0 Å². The fourth-order valence-corrected chi connectivity index (χ4v) is 2.69. The zero-order chi connectivity index (χ0) is 13.9. The van der Waals surface area contributed by atoms with Crippen molar-refractivity contribution in [2.75, 3.05) is 0 Å². The molecule has 0 saturated carbocycles. The van der Waals surface area contributed by atoms with Gasteiger partial charge in [-0.3, -0.25) is 0 Å². The quantitative estimate of drug-likeness (QED) is 0.888. The van der Waals surface area contributed by atoms with Gasteiger partial charge in [-0.25, -0.2) is 4.79 Å². The first kappa shape index (κ1) is 15.0. The minimum atomic E-state index is -0.495. The Labute approximate surface area is 112 Å². The molecule has 1 amide bonds. The Morgan fingerprint density at radius 3 is 2.50 bits per heavy atom. The predicted octanol–water partition coefficient (Wildman–Crippen LogP) is 2.88. The minimum absolute atomic E-state index is 0.00149. The van der Waals surface area contributed by atoms with Gasteiger partial charge in [-0.05, 0) is 45.7 Å². The molecule has 5 heteroatoms. The lowest BCUT2D eigenvalue weighted by Gasteiger charge is -2.19. The molecule has 18 heavy (non-hydrogen) atoms. The number of carbonyl (C=O) groups is 1. The van der Waals surface area contributed by atoms with E-state index in [4.69, 9.17) is 4.74 Å². The Kier molecular flexibility index (Phi) is 4.76. The number of ether oxygens (including phenoxy) is 1. The third-order valence-corrected chi connectivity index (χ3v) is 3.79. The van der Waals surface area contributed by atoms with Crippen LogP contribution in [0.2, 0.25) is 0 Å². The molecule has 0 aliphatic heterocycles. The van der Waals surface area contributed by atoms with E-state index in [1.807, 2.05) is 34.6 Å². The summed E-state index contributed by atoms with van der Waals surface area (Å²) < 4.78 is 5.16. The average Bonchev–Trinajstić information content (AvgIpc) is 2.49. The lowest BCUT2D eigenvalue weighted by Crippen LogP contribution is -2.32. The molecular weight excluding hydrogens is 250 g/mol. The molecule has 0 saturated heterocycles. The van der Waals surface area contributed by atoms with E-state index in [2.05, 4.69) is 5.32 Å². The molecule has 0 spiro atoms. The second kappa shape index (κ2) is 5.71. The molecule has 0 bridgehead atoms. The van der Waals surface area contributed by atoms with Crippen LogP contribution in [0.5, 0.6) is 0 Å². The minimum Gasteiger partial charge on any atom is -0.444 e. The smallest absolute Gasteiger partial charge is 0.407 e. The van der Waals surface area contributed by atoms with Gasteiger partial charge in [0, 0.05) is 9.75 Å². The van der Waals surface area contributed by atoms with E-state index in [1.54, 1.807) is 11.3 Å². The van der Waals surface area contributed by atoms with Crippen LogP contribution in [0.4, 0.5) is 4.79 Å². The molecule has 1 aromatic heterocycles. The molecule has 2 N–H and O–H groups in total. The van der Waals surface area contributed by atoms with Gasteiger partial charge in [0.25, 0.3) is 0 Å². The number of hydrogen-bond acceptors (Lipinski definition) is 4. The van der Waals surface area contributed by atoms with E-state index in [9.17, 15) is 9.90 Å². The van der Waals surface area contributed by atoms with E-state index < -0.39 is 11.7 Å². The van der Waals surface area contributed by atoms with Crippen molar-refractivity contribution >= 4 is 17.4 Å². The Balaban J connectivity index is 2.64. The summed E-state index contributed by atoms with van der Waals surface area (Å²) in [5.41, 5.74) is 1.52. The summed E-state index contributed by atoms with van der Waals surface area (Å²) in [6.07, 6.45) is -0.435. The van der Waals surface area contributed by atoms with Crippen LogP contribution in [0.1, 0.15) is 41.7 Å². The summed E-state index contributed by atoms with van der Waals surface area (Å²) >= 11 is 1.60. The van der Waals surface area contributed by atoms with Gasteiger partial charge >= 0.3 is 6.09 Å². The summed E-state index contributed by atoms with van der Waals surface area (Å²) in [7, 11) is 0. The maximum Gasteiger partial charge on any atom is 0.407 e. The van der Waals surface area contributed by atoms with Crippen molar-refractivity contribution in [3.8, 4) is 0 Å². The van der Waals surface area contributed by atoms with Crippen molar-refractivity contribution in [3.63, 3.8) is 0 Å². The Morgan fingerprint density at radius 1 is 1.39 bits per heavy atom. The molecule has 1 heterocycles. The standard InChI is InChI=1S/C13H21NO3S/c1-8-9(2)18-11(10(8)7-15)6-14-12(16)17-13(3,4)5/h15H,6-7H2,1-5H3,(H,14,16). The first-order valence-electron chi connectivity index (χ1n) is 5.90. The third kappa shape index (κ3) is 3.99. The number of aryl methyl sites for hydroxylation is 1. The number of aliphatic hydroxyl groups excluding tert-OH is 1. The second-order valence-corrected chi connectivity index (χ2v) is 6.51. The van der Waals surface area contributed by atoms with Crippen LogP contribution in [0.25, 0.3) is 0 Å². The van der Waals surface area contributed by atoms with Crippen LogP contribution in [0, 0.1) is 13.8 Å². The molecule has 4 nitrogen and oxygen atoms in total. The number of carbonyl (C=O) groups excluding carboxylic acids is 1. The summed E-state index contributed by atoms with van der Waals surface area (Å²) in [5, 5.41) is 12.0. The van der Waals surface area contributed by atoms with Crippen LogP contribution in [-0.2, 0) is 17.9 Å². The zero-order valence-corrected chi connectivity index (χ0v) is 12.4. The fraction of sp³-hybridized carbons (Fsp3) is 0.615. The van der Waals surface area contributed by atoms with E-state index in [-0.39, 0.29) is 6.61 Å². The number of thiophene rings is 1. The highest BCUT2D eigenvalue weighted by molar-refractivity contribution is 7.12. The first-order valence-corrected chi connectivity index (χ1v) is 6.71. The Morgan fingerprint density at radius 2 is 2.00 bits per heavy atom. The van der Waals surface area contributed by atoms with Crippen molar-refractivity contribution in [1.29, 1.82) is 0 Å². The lowest BCUT2D eigenvalue weighted by atomic mass is 10.1. The van der Waals surface area contributed by atoms with Crippen molar-refractivity contribution in [2.45, 2.75) is 53.4 Å². The van der Waals surface area contributed by atoms with Crippen LogP contribution >= 0.6 is 11.3 Å². The number of aliphatic hydroxyl groups is 1. The molecule has 0 fully saturated rings. The molecular formula is C13H21NO3S. The van der Waals surface area contributed by atoms with E-state index >= 15 is 0 Å². The number of nitrogens with one attached hydrogen (secondary N) is 1. The third-order valence-electron chi connectivity index (χ3n) is 2.54. The Bertz CT molecular complexity index is 432. The highest BCUT2D eigenvalue weighted by Gasteiger charge is 2.17. The fourth-order valence-electron chi connectivity index (χ4n) is 1.56. The van der Waals surface area contributed by atoms with Crippen molar-refractivity contribution in [2.24, 2.45) is 0 Å². The second-order valence-electron chi connectivity index (χ2n) is 5.20. The molecule has 0 aromatic carbocycles. The van der Waals surface area contributed by atoms with Crippen LogP contribution < -0.4 is 5.32 Å². The maximum atomic E-state index is 11.5. The summed E-state index contributed by atoms with van der Waals surface area (Å²) in [6, 6.07) is 0. The highest BCUT2D eigenvalue weighted by atomic mass is 32.1. The molecule has 102 valence electrons. The molecule has 1 rings (SSSR count). The topological polar surface area (TPSA) is 58.6 Å². The van der Waals surface area contributed by atoms with Crippen LogP contribution in [0.3, 0.4) is 0 Å². The number of rotatable bonds is 3. The van der Waals surface area contributed by atoms with E-state index in [0.717, 1.165) is 16.0 Å². The summed E-state index contributed by atoms with van der Waals surface area (Å²) in [4.78, 5) is 13.7. The van der Waals surface area contributed by atoms with Crippen LogP contribution in [-0.4, -0.2) is 16.8 Å². The van der Waals surface area contributed by atoms with Crippen molar-refractivity contribution in [3.05, 3.63) is 20.9 Å². The average molecular weight is 271 g/mol. The van der Waals surface area contributed by atoms with Gasteiger partial charge in [0.1, 0.15) is 5.60 Å². The predicted molar refractivity (Wildman–Crippen MR) is 72.8 cm³/mol. The van der Waals surface area contributed by atoms with E-state index in [1.165, 1.54) is 4.88 Å². The number of hydrogen-bond donors (Lipinski definition) is 2. The largest absolute Gasteiger partial charge is 0.444 e. The SMILES string of the molecule is Cc1sc(CNC(=O)OC(C)(C)C)c(CO)c1C. The molecule has 0 atom stereocenters. The van der Waals surface area contributed by atoms with Gasteiger partial charge < -0.3 is 15.2 Å². The van der Waals surface area contributed by atoms with Crippen LogP contribution in [0.15, 0.2) is 0 Å². The van der Waals surface area contributed by atoms with Gasteiger partial charge in [-0.15, -0.1) is 11.3 Å². The number of amides is 1. The lowest BCUT2D eigenvalue weighted by molar-refractivity contribution is 0.0524. The zero-order valence-electron chi connectivity index (χ0n) is 11.6.